The van der Waals surface area contributed by atoms with Crippen LogP contribution in [0, 0.1) is 10.1 Å². The second kappa shape index (κ2) is 8.20. The van der Waals surface area contributed by atoms with Crippen LogP contribution in [0.4, 0.5) is 5.69 Å². The average molecular weight is 295 g/mol. The molecule has 0 saturated heterocycles. The van der Waals surface area contributed by atoms with Crippen molar-refractivity contribution in [2.45, 2.75) is 6.92 Å². The van der Waals surface area contributed by atoms with Gasteiger partial charge >= 0.3 is 24.8 Å². The van der Waals surface area contributed by atoms with Crippen LogP contribution < -0.4 is 33.2 Å². The molecular weight excluding hydrogens is 284 g/mol. The predicted octanol–water partition coefficient (Wildman–Crippen LogP) is -2.98. The molecule has 0 aliphatic carbocycles. The van der Waals surface area contributed by atoms with Gasteiger partial charge in [-0.25, -0.2) is 4.79 Å². The molecule has 1 aromatic carbocycles. The van der Waals surface area contributed by atoms with Crippen LogP contribution in [0.3, 0.4) is 0 Å². The van der Waals surface area contributed by atoms with E-state index in [9.17, 15) is 24.7 Å². The summed E-state index contributed by atoms with van der Waals surface area (Å²) in [7, 11) is -4.43. The largest absolute Gasteiger partial charge is 1.00 e. The molecule has 8 nitrogen and oxygen atoms in total. The maximum Gasteiger partial charge on any atom is 1.00 e. The standard InChI is InChI=1S/C10H12NO7P.Li/c1-2-17-10(12)7-19(15,16)18-9-5-3-8(4-6-9)11(13)14;/h3-6H,2,7H2,1H3,(H,15,16);/q;+1/p-1. The number of nitro benzene ring substituents is 1. The van der Waals surface area contributed by atoms with E-state index in [1.807, 2.05) is 0 Å². The van der Waals surface area contributed by atoms with Crippen LogP contribution in [0.2, 0.25) is 0 Å². The molecule has 20 heavy (non-hydrogen) atoms. The molecule has 0 saturated carbocycles. The molecule has 0 aromatic heterocycles. The summed E-state index contributed by atoms with van der Waals surface area (Å²) in [5.41, 5.74) is -0.196. The SMILES string of the molecule is CCOC(=O)C[P+]([O-])([O-])Oc1ccc([N+](=O)[O-])cc1.[Li+]. The van der Waals surface area contributed by atoms with Crippen LogP contribution in [0.25, 0.3) is 0 Å². The van der Waals surface area contributed by atoms with E-state index in [0.717, 1.165) is 24.3 Å². The van der Waals surface area contributed by atoms with Gasteiger partial charge in [0.25, 0.3) is 5.69 Å². The smallest absolute Gasteiger partial charge is 0.652 e. The Morgan fingerprint density at radius 2 is 1.85 bits per heavy atom. The molecule has 0 aliphatic rings. The van der Waals surface area contributed by atoms with Gasteiger partial charge in [-0.05, 0) is 19.1 Å². The summed E-state index contributed by atoms with van der Waals surface area (Å²) in [6, 6.07) is 4.46. The average Bonchev–Trinajstić information content (AvgIpc) is 2.28. The molecule has 1 aromatic rings. The molecule has 0 bridgehead atoms. The number of esters is 1. The molecule has 0 heterocycles. The first-order valence-corrected chi connectivity index (χ1v) is 6.96. The summed E-state index contributed by atoms with van der Waals surface area (Å²) in [5, 5.41) is 10.4. The Hall–Kier alpha value is -1.16. The van der Waals surface area contributed by atoms with Crippen LogP contribution in [-0.4, -0.2) is 23.7 Å². The normalized spacial score (nSPS) is 10.3. The zero-order chi connectivity index (χ0) is 14.5. The molecule has 0 unspecified atom stereocenters. The second-order valence-corrected chi connectivity index (χ2v) is 5.14. The molecule has 0 atom stereocenters. The number of ether oxygens (including phenoxy) is 1. The van der Waals surface area contributed by atoms with Crippen molar-refractivity contribution in [1.82, 2.24) is 0 Å². The van der Waals surface area contributed by atoms with E-state index < -0.39 is 25.0 Å². The van der Waals surface area contributed by atoms with Crippen molar-refractivity contribution in [3.63, 3.8) is 0 Å². The van der Waals surface area contributed by atoms with Gasteiger partial charge in [-0.15, -0.1) is 0 Å². The van der Waals surface area contributed by atoms with Crippen molar-refractivity contribution < 1.29 is 47.6 Å². The fourth-order valence-electron chi connectivity index (χ4n) is 1.19. The van der Waals surface area contributed by atoms with E-state index in [2.05, 4.69) is 9.26 Å². The van der Waals surface area contributed by atoms with Gasteiger partial charge in [0.1, 0.15) is 7.94 Å². The van der Waals surface area contributed by atoms with E-state index in [1.54, 1.807) is 6.92 Å². The van der Waals surface area contributed by atoms with Gasteiger partial charge in [0.05, 0.1) is 11.5 Å². The third kappa shape index (κ3) is 6.33. The molecular formula is C10H11LiNO7P. The Bertz CT molecular complexity index is 465. The Balaban J connectivity index is 0.00000361. The van der Waals surface area contributed by atoms with Gasteiger partial charge in [-0.2, -0.15) is 0 Å². The molecule has 0 spiro atoms. The number of rotatable bonds is 6. The quantitative estimate of drug-likeness (QED) is 0.180. The van der Waals surface area contributed by atoms with Crippen molar-refractivity contribution in [2.75, 3.05) is 12.8 Å². The fourth-order valence-corrected chi connectivity index (χ4v) is 2.10. The number of non-ortho nitro benzene ring substituents is 1. The summed E-state index contributed by atoms with van der Waals surface area (Å²) >= 11 is 0. The minimum absolute atomic E-state index is 0. The molecule has 10 heteroatoms. The van der Waals surface area contributed by atoms with E-state index >= 15 is 0 Å². The van der Waals surface area contributed by atoms with Crippen LogP contribution in [0.15, 0.2) is 24.3 Å². The molecule has 104 valence electrons. The van der Waals surface area contributed by atoms with Crippen molar-refractivity contribution in [2.24, 2.45) is 0 Å². The Labute approximate surface area is 127 Å². The van der Waals surface area contributed by atoms with Gasteiger partial charge in [0, 0.05) is 12.1 Å². The van der Waals surface area contributed by atoms with Crippen molar-refractivity contribution in [1.29, 1.82) is 0 Å². The van der Waals surface area contributed by atoms with Gasteiger partial charge in [-0.3, -0.25) is 10.1 Å². The third-order valence-electron chi connectivity index (χ3n) is 1.92. The Morgan fingerprint density at radius 3 is 2.30 bits per heavy atom. The number of nitrogens with zero attached hydrogens (tertiary/aromatic N) is 1. The Kier molecular flexibility index (Phi) is 7.72. The zero-order valence-corrected chi connectivity index (χ0v) is 11.9. The summed E-state index contributed by atoms with van der Waals surface area (Å²) in [5.74, 6) is -1.02. The summed E-state index contributed by atoms with van der Waals surface area (Å²) < 4.78 is 9.12. The van der Waals surface area contributed by atoms with E-state index in [-0.39, 0.29) is 36.9 Å². The van der Waals surface area contributed by atoms with E-state index in [4.69, 9.17) is 0 Å². The van der Waals surface area contributed by atoms with E-state index in [0.29, 0.717) is 0 Å². The third-order valence-corrected chi connectivity index (χ3v) is 3.05. The van der Waals surface area contributed by atoms with Crippen molar-refractivity contribution in [3.8, 4) is 5.75 Å². The van der Waals surface area contributed by atoms with Gasteiger partial charge in [-0.1, -0.05) is 0 Å². The molecule has 0 radical (unpaired) electrons. The number of benzene rings is 1. The number of carbonyl (C=O) groups is 1. The summed E-state index contributed by atoms with van der Waals surface area (Å²) in [6.45, 7) is 1.61. The minimum atomic E-state index is -4.43. The molecule has 0 fully saturated rings. The Morgan fingerprint density at radius 1 is 1.30 bits per heavy atom. The van der Waals surface area contributed by atoms with Crippen LogP contribution in [-0.2, 0) is 9.53 Å². The molecule has 0 N–H and O–H groups in total. The van der Waals surface area contributed by atoms with Gasteiger partial charge in [0.2, 0.25) is 0 Å². The van der Waals surface area contributed by atoms with Crippen LogP contribution >= 0.6 is 7.94 Å². The molecule has 0 aliphatic heterocycles. The fraction of sp³-hybridized carbons (Fsp3) is 0.300. The first-order valence-electron chi connectivity index (χ1n) is 5.24. The topological polar surface area (TPSA) is 125 Å². The minimum Gasteiger partial charge on any atom is -0.652 e. The van der Waals surface area contributed by atoms with Gasteiger partial charge in [0.15, 0.2) is 11.9 Å². The molecule has 0 amide bonds. The van der Waals surface area contributed by atoms with Crippen LogP contribution in [0.5, 0.6) is 5.75 Å². The first kappa shape index (κ1) is 18.8. The van der Waals surface area contributed by atoms with Crippen LogP contribution in [0.1, 0.15) is 6.92 Å². The second-order valence-electron chi connectivity index (χ2n) is 3.42. The summed E-state index contributed by atoms with van der Waals surface area (Å²) in [4.78, 5) is 43.8. The maximum absolute atomic E-state index is 11.5. The van der Waals surface area contributed by atoms with Crippen molar-refractivity contribution >= 4 is 19.6 Å². The first-order chi connectivity index (χ1) is 8.84. The van der Waals surface area contributed by atoms with Crippen molar-refractivity contribution in [3.05, 3.63) is 34.4 Å². The zero-order valence-electron chi connectivity index (χ0n) is 11.0. The number of carbonyl (C=O) groups excluding carboxylic acids is 1. The number of hydrogen-bond donors (Lipinski definition) is 0. The van der Waals surface area contributed by atoms with E-state index in [1.165, 1.54) is 0 Å². The molecule has 1 rings (SSSR count). The predicted molar refractivity (Wildman–Crippen MR) is 62.1 cm³/mol. The number of nitro groups is 1. The maximum atomic E-state index is 11.5. The number of hydrogen-bond acceptors (Lipinski definition) is 7. The monoisotopic (exact) mass is 295 g/mol. The summed E-state index contributed by atoms with van der Waals surface area (Å²) in [6.07, 6.45) is -0.891. The van der Waals surface area contributed by atoms with Gasteiger partial charge < -0.3 is 19.0 Å².